The molecule has 1 atom stereocenters. The topological polar surface area (TPSA) is 49.7 Å². The molecule has 0 aliphatic carbocycles. The van der Waals surface area contributed by atoms with E-state index in [0.717, 1.165) is 0 Å². The van der Waals surface area contributed by atoms with Gasteiger partial charge < -0.3 is 5.11 Å². The van der Waals surface area contributed by atoms with Gasteiger partial charge in [-0.3, -0.25) is 4.99 Å². The summed E-state index contributed by atoms with van der Waals surface area (Å²) in [6, 6.07) is -0.661. The van der Waals surface area contributed by atoms with Crippen LogP contribution in [0.1, 0.15) is 0 Å². The van der Waals surface area contributed by atoms with Crippen molar-refractivity contribution in [3.05, 3.63) is 11.5 Å². The molecule has 1 heterocycles. The Morgan fingerprint density at radius 1 is 1.78 bits per heavy atom. The molecule has 0 fully saturated rings. The molecular formula is C5H5NO2S. The lowest BCUT2D eigenvalue weighted by atomic mass is 10.3. The summed E-state index contributed by atoms with van der Waals surface area (Å²) < 4.78 is 0. The van der Waals surface area contributed by atoms with Crippen LogP contribution in [0.5, 0.6) is 0 Å². The van der Waals surface area contributed by atoms with Gasteiger partial charge >= 0.3 is 5.97 Å². The fraction of sp³-hybridized carbons (Fsp3) is 0.200. The van der Waals surface area contributed by atoms with Crippen molar-refractivity contribution in [2.24, 2.45) is 4.99 Å². The van der Waals surface area contributed by atoms with E-state index in [1.807, 2.05) is 0 Å². The minimum Gasteiger partial charge on any atom is -0.479 e. The normalized spacial score (nSPS) is 24.2. The minimum atomic E-state index is -0.900. The van der Waals surface area contributed by atoms with Crippen LogP contribution >= 0.6 is 11.8 Å². The molecule has 4 heteroatoms. The van der Waals surface area contributed by atoms with Crippen molar-refractivity contribution in [2.45, 2.75) is 6.04 Å². The van der Waals surface area contributed by atoms with Crippen LogP contribution in [-0.2, 0) is 4.79 Å². The first-order valence-corrected chi connectivity index (χ1v) is 3.31. The van der Waals surface area contributed by atoms with Gasteiger partial charge in [0.05, 0.1) is 5.55 Å². The molecule has 0 saturated heterocycles. The molecule has 0 spiro atoms. The maximum Gasteiger partial charge on any atom is 0.332 e. The van der Waals surface area contributed by atoms with Gasteiger partial charge in [-0.2, -0.15) is 0 Å². The number of aliphatic carboxylic acids is 1. The van der Waals surface area contributed by atoms with Gasteiger partial charge in [0, 0.05) is 0 Å². The summed E-state index contributed by atoms with van der Waals surface area (Å²) in [5, 5.41) is 10.1. The van der Waals surface area contributed by atoms with E-state index in [2.05, 4.69) is 4.99 Å². The quantitative estimate of drug-likeness (QED) is 0.588. The highest BCUT2D eigenvalue weighted by atomic mass is 32.2. The molecule has 0 aromatic heterocycles. The second-order valence-electron chi connectivity index (χ2n) is 1.50. The van der Waals surface area contributed by atoms with E-state index in [4.69, 9.17) is 5.11 Å². The highest BCUT2D eigenvalue weighted by Gasteiger charge is 2.11. The van der Waals surface area contributed by atoms with Crippen LogP contribution in [0.3, 0.4) is 0 Å². The Bertz CT molecular complexity index is 164. The van der Waals surface area contributed by atoms with Crippen molar-refractivity contribution in [1.82, 2.24) is 0 Å². The number of carboxylic acids is 1. The SMILES string of the molecule is O=C(O)C1C=CSC=N1. The first-order chi connectivity index (χ1) is 4.30. The van der Waals surface area contributed by atoms with Crippen molar-refractivity contribution in [3.63, 3.8) is 0 Å². The molecule has 0 bridgehead atoms. The average molecular weight is 143 g/mol. The molecule has 9 heavy (non-hydrogen) atoms. The van der Waals surface area contributed by atoms with Gasteiger partial charge in [0.1, 0.15) is 0 Å². The number of rotatable bonds is 1. The molecule has 3 nitrogen and oxygen atoms in total. The van der Waals surface area contributed by atoms with Gasteiger partial charge in [-0.25, -0.2) is 4.79 Å². The van der Waals surface area contributed by atoms with E-state index in [1.54, 1.807) is 11.5 Å². The largest absolute Gasteiger partial charge is 0.479 e. The van der Waals surface area contributed by atoms with Crippen LogP contribution in [0.25, 0.3) is 0 Å². The van der Waals surface area contributed by atoms with Crippen LogP contribution in [-0.4, -0.2) is 22.7 Å². The molecule has 0 radical (unpaired) electrons. The molecule has 1 unspecified atom stereocenters. The fourth-order valence-electron chi connectivity index (χ4n) is 0.451. The Balaban J connectivity index is 2.60. The number of nitrogens with zero attached hydrogens (tertiary/aromatic N) is 1. The summed E-state index contributed by atoms with van der Waals surface area (Å²) >= 11 is 1.38. The van der Waals surface area contributed by atoms with Gasteiger partial charge in [-0.15, -0.1) is 0 Å². The van der Waals surface area contributed by atoms with Crippen molar-refractivity contribution >= 4 is 23.3 Å². The standard InChI is InChI=1S/C5H5NO2S/c7-5(8)4-1-2-9-3-6-4/h1-4H,(H,7,8). The Kier molecular flexibility index (Phi) is 1.89. The molecule has 1 aliphatic heterocycles. The third-order valence-corrected chi connectivity index (χ3v) is 1.43. The van der Waals surface area contributed by atoms with E-state index >= 15 is 0 Å². The Labute approximate surface area is 56.5 Å². The third-order valence-electron chi connectivity index (χ3n) is 0.875. The van der Waals surface area contributed by atoms with Crippen molar-refractivity contribution in [1.29, 1.82) is 0 Å². The highest BCUT2D eigenvalue weighted by Crippen LogP contribution is 2.07. The van der Waals surface area contributed by atoms with Gasteiger partial charge in [-0.05, 0) is 11.5 Å². The number of aliphatic imine (C=N–C) groups is 1. The highest BCUT2D eigenvalue weighted by molar-refractivity contribution is 8.14. The summed E-state index contributed by atoms with van der Waals surface area (Å²) in [4.78, 5) is 13.9. The predicted octanol–water partition coefficient (Wildman–Crippen LogP) is 0.728. The van der Waals surface area contributed by atoms with Crippen LogP contribution in [0.15, 0.2) is 16.5 Å². The van der Waals surface area contributed by atoms with Crippen LogP contribution < -0.4 is 0 Å². The van der Waals surface area contributed by atoms with E-state index in [0.29, 0.717) is 0 Å². The molecule has 0 aromatic rings. The van der Waals surface area contributed by atoms with Crippen molar-refractivity contribution in [2.75, 3.05) is 0 Å². The zero-order chi connectivity index (χ0) is 6.69. The molecule has 0 aromatic carbocycles. The fourth-order valence-corrected chi connectivity index (χ4v) is 0.963. The molecule has 1 N–H and O–H groups in total. The second kappa shape index (κ2) is 2.68. The van der Waals surface area contributed by atoms with Gasteiger partial charge in [0.15, 0.2) is 6.04 Å². The van der Waals surface area contributed by atoms with E-state index in [-0.39, 0.29) is 0 Å². The molecule has 1 rings (SSSR count). The Morgan fingerprint density at radius 2 is 2.56 bits per heavy atom. The Morgan fingerprint density at radius 3 is 2.89 bits per heavy atom. The summed E-state index contributed by atoms with van der Waals surface area (Å²) in [6.07, 6.45) is 1.55. The number of thioether (sulfide) groups is 1. The molecule has 0 saturated carbocycles. The first-order valence-electron chi connectivity index (χ1n) is 2.37. The lowest BCUT2D eigenvalue weighted by Crippen LogP contribution is -2.15. The lowest BCUT2D eigenvalue weighted by molar-refractivity contribution is -0.137. The average Bonchev–Trinajstić information content (AvgIpc) is 1.90. The number of hydrogen-bond donors (Lipinski definition) is 1. The predicted molar refractivity (Wildman–Crippen MR) is 36.6 cm³/mol. The Hall–Kier alpha value is -0.770. The smallest absolute Gasteiger partial charge is 0.332 e. The molecule has 48 valence electrons. The van der Waals surface area contributed by atoms with Crippen molar-refractivity contribution in [3.8, 4) is 0 Å². The lowest BCUT2D eigenvalue weighted by Gasteiger charge is -2.02. The second-order valence-corrected chi connectivity index (χ2v) is 2.26. The summed E-state index contributed by atoms with van der Waals surface area (Å²) in [5.74, 6) is -0.900. The first kappa shape index (κ1) is 6.35. The van der Waals surface area contributed by atoms with Crippen molar-refractivity contribution < 1.29 is 9.90 Å². The summed E-state index contributed by atoms with van der Waals surface area (Å²) in [6.45, 7) is 0. The van der Waals surface area contributed by atoms with E-state index in [1.165, 1.54) is 17.3 Å². The van der Waals surface area contributed by atoms with Crippen LogP contribution in [0, 0.1) is 0 Å². The third kappa shape index (κ3) is 1.57. The van der Waals surface area contributed by atoms with Gasteiger partial charge in [0.2, 0.25) is 0 Å². The molecule has 1 aliphatic rings. The van der Waals surface area contributed by atoms with Gasteiger partial charge in [-0.1, -0.05) is 11.8 Å². The van der Waals surface area contributed by atoms with E-state index in [9.17, 15) is 4.79 Å². The molecular weight excluding hydrogens is 138 g/mol. The number of carbonyl (C=O) groups is 1. The maximum atomic E-state index is 10.2. The summed E-state index contributed by atoms with van der Waals surface area (Å²) in [7, 11) is 0. The van der Waals surface area contributed by atoms with Crippen LogP contribution in [0.2, 0.25) is 0 Å². The van der Waals surface area contributed by atoms with Crippen LogP contribution in [0.4, 0.5) is 0 Å². The number of hydrogen-bond acceptors (Lipinski definition) is 3. The summed E-state index contributed by atoms with van der Waals surface area (Å²) in [5.41, 5.74) is 1.53. The van der Waals surface area contributed by atoms with Gasteiger partial charge in [0.25, 0.3) is 0 Å². The zero-order valence-electron chi connectivity index (χ0n) is 4.52. The minimum absolute atomic E-state index is 0.661. The monoisotopic (exact) mass is 143 g/mol. The number of carboxylic acid groups (broad SMARTS) is 1. The molecule has 0 amide bonds. The van der Waals surface area contributed by atoms with E-state index < -0.39 is 12.0 Å². The zero-order valence-corrected chi connectivity index (χ0v) is 5.34. The maximum absolute atomic E-state index is 10.2.